The Balaban J connectivity index is 1.68. The fraction of sp³-hybridized carbons (Fsp3) is 0.0800. The van der Waals surface area contributed by atoms with Gasteiger partial charge in [-0.2, -0.15) is 18.3 Å². The number of benzene rings is 3. The Morgan fingerprint density at radius 1 is 0.947 bits per heavy atom. The molecule has 8 nitrogen and oxygen atoms in total. The molecule has 0 unspecified atom stereocenters. The van der Waals surface area contributed by atoms with Crippen molar-refractivity contribution in [3.05, 3.63) is 99.5 Å². The van der Waals surface area contributed by atoms with E-state index in [4.69, 9.17) is 34.9 Å². The quantitative estimate of drug-likeness (QED) is 0.118. The second kappa shape index (κ2) is 11.1. The van der Waals surface area contributed by atoms with E-state index >= 15 is 0 Å². The minimum atomic E-state index is -4.45. The number of halogens is 5. The molecule has 0 spiro atoms. The van der Waals surface area contributed by atoms with Crippen LogP contribution in [0.1, 0.15) is 21.5 Å². The van der Waals surface area contributed by atoms with E-state index in [1.54, 1.807) is 53.2 Å². The second-order valence-corrected chi connectivity index (χ2v) is 8.95. The molecule has 0 saturated carbocycles. The van der Waals surface area contributed by atoms with Crippen LogP contribution in [0.3, 0.4) is 0 Å². The van der Waals surface area contributed by atoms with Crippen molar-refractivity contribution in [2.24, 2.45) is 16.8 Å². The number of rotatable bonds is 5. The summed E-state index contributed by atoms with van der Waals surface area (Å²) in [5.74, 6) is 9.75. The summed E-state index contributed by atoms with van der Waals surface area (Å²) < 4.78 is 40.9. The molecule has 4 aromatic rings. The third-order valence-electron chi connectivity index (χ3n) is 5.49. The lowest BCUT2D eigenvalue weighted by atomic mass is 10.1. The van der Waals surface area contributed by atoms with Crippen LogP contribution >= 0.6 is 23.2 Å². The normalized spacial score (nSPS) is 11.9. The number of carbonyl (C=O) groups excluding carboxylic acids is 1. The minimum absolute atomic E-state index is 0.106. The Morgan fingerprint density at radius 2 is 1.58 bits per heavy atom. The van der Waals surface area contributed by atoms with Gasteiger partial charge in [0, 0.05) is 21.2 Å². The summed E-state index contributed by atoms with van der Waals surface area (Å²) in [6.07, 6.45) is -4.45. The first-order chi connectivity index (χ1) is 18.1. The number of hydrogen-bond acceptors (Lipinski definition) is 5. The van der Waals surface area contributed by atoms with Crippen LogP contribution in [-0.2, 0) is 12.7 Å². The fourth-order valence-corrected chi connectivity index (χ4v) is 4.19. The molecule has 4 rings (SSSR count). The van der Waals surface area contributed by atoms with Crippen LogP contribution in [0.15, 0.2) is 77.9 Å². The number of aromatic nitrogens is 2. The average molecular weight is 562 g/mol. The largest absolute Gasteiger partial charge is 0.416 e. The van der Waals surface area contributed by atoms with Gasteiger partial charge in [-0.3, -0.25) is 20.2 Å². The highest BCUT2D eigenvalue weighted by atomic mass is 35.5. The lowest BCUT2D eigenvalue weighted by Crippen LogP contribution is -2.45. The molecule has 0 fully saturated rings. The van der Waals surface area contributed by atoms with Crippen LogP contribution in [0.2, 0.25) is 10.0 Å². The van der Waals surface area contributed by atoms with E-state index in [0.717, 1.165) is 17.7 Å². The molecular weight excluding hydrogens is 542 g/mol. The highest BCUT2D eigenvalue weighted by Crippen LogP contribution is 2.33. The molecule has 1 heterocycles. The van der Waals surface area contributed by atoms with Crippen molar-refractivity contribution in [2.75, 3.05) is 0 Å². The van der Waals surface area contributed by atoms with E-state index in [2.05, 4.69) is 20.9 Å². The van der Waals surface area contributed by atoms with Crippen molar-refractivity contribution in [1.82, 2.24) is 20.5 Å². The van der Waals surface area contributed by atoms with E-state index < -0.39 is 17.6 Å². The third kappa shape index (κ3) is 6.25. The molecule has 0 bridgehead atoms. The lowest BCUT2D eigenvalue weighted by molar-refractivity contribution is -0.137. The Bertz CT molecular complexity index is 1460. The topological polar surface area (TPSA) is 123 Å². The van der Waals surface area contributed by atoms with Crippen molar-refractivity contribution in [1.29, 1.82) is 0 Å². The maximum Gasteiger partial charge on any atom is 0.416 e. The van der Waals surface area contributed by atoms with Crippen LogP contribution in [0.25, 0.3) is 22.5 Å². The second-order valence-electron chi connectivity index (χ2n) is 8.08. The standard InChI is InChI=1S/C25H20Cl2F3N7O/c26-19-9-17(10-20(27)11-19)21-12-22(15-5-7-18(8-6-15)25(28,29)30)37(36-21)13-14-1-3-16(4-2-14)23(38)33-24(34-31)35-32/h1-12H,13,31-32H2,(H2,33,34,35,38). The van der Waals surface area contributed by atoms with Crippen LogP contribution in [-0.4, -0.2) is 21.6 Å². The van der Waals surface area contributed by atoms with E-state index in [9.17, 15) is 18.0 Å². The molecule has 38 heavy (non-hydrogen) atoms. The molecule has 0 saturated heterocycles. The van der Waals surface area contributed by atoms with Crippen LogP contribution in [0, 0.1) is 0 Å². The summed E-state index contributed by atoms with van der Waals surface area (Å²) in [5, 5.41) is 11.2. The smallest absolute Gasteiger partial charge is 0.320 e. The summed E-state index contributed by atoms with van der Waals surface area (Å²) in [7, 11) is 0. The fourth-order valence-electron chi connectivity index (χ4n) is 3.66. The number of hydrazone groups is 1. The lowest BCUT2D eigenvalue weighted by Gasteiger charge is -2.11. The van der Waals surface area contributed by atoms with E-state index in [-0.39, 0.29) is 12.5 Å². The van der Waals surface area contributed by atoms with Gasteiger partial charge in [-0.15, -0.1) is 5.10 Å². The summed E-state index contributed by atoms with van der Waals surface area (Å²) in [6.45, 7) is 0.256. The maximum atomic E-state index is 13.1. The van der Waals surface area contributed by atoms with Gasteiger partial charge in [0.15, 0.2) is 0 Å². The zero-order valence-electron chi connectivity index (χ0n) is 19.4. The molecule has 0 aliphatic carbocycles. The molecule has 0 atom stereocenters. The number of hydrogen-bond donors (Lipinski definition) is 4. The molecule has 1 amide bonds. The zero-order valence-corrected chi connectivity index (χ0v) is 20.9. The predicted molar refractivity (Wildman–Crippen MR) is 140 cm³/mol. The number of guanidine groups is 1. The number of nitrogens with two attached hydrogens (primary N) is 2. The summed E-state index contributed by atoms with van der Waals surface area (Å²) in [4.78, 5) is 12.3. The van der Waals surface area contributed by atoms with Gasteiger partial charge in [0.2, 0.25) is 5.96 Å². The predicted octanol–water partition coefficient (Wildman–Crippen LogP) is 5.01. The number of nitrogens with one attached hydrogen (secondary N) is 2. The van der Waals surface area contributed by atoms with Gasteiger partial charge in [-0.05, 0) is 59.7 Å². The van der Waals surface area contributed by atoms with Gasteiger partial charge in [0.1, 0.15) is 0 Å². The van der Waals surface area contributed by atoms with E-state index in [1.165, 1.54) is 12.1 Å². The average Bonchev–Trinajstić information content (AvgIpc) is 3.30. The van der Waals surface area contributed by atoms with Crippen molar-refractivity contribution in [3.63, 3.8) is 0 Å². The summed E-state index contributed by atoms with van der Waals surface area (Å²) in [6, 6.07) is 18.2. The molecule has 3 aromatic carbocycles. The highest BCUT2D eigenvalue weighted by Gasteiger charge is 2.30. The SMILES string of the molecule is N/N=C(\NN)NC(=O)c1ccc(Cn2nc(-c3cc(Cl)cc(Cl)c3)cc2-c2ccc(C(F)(F)F)cc2)cc1. The number of nitrogens with zero attached hydrogens (tertiary/aromatic N) is 3. The van der Waals surface area contributed by atoms with Crippen molar-refractivity contribution in [2.45, 2.75) is 12.7 Å². The van der Waals surface area contributed by atoms with Gasteiger partial charge in [0.25, 0.3) is 5.91 Å². The Morgan fingerprint density at radius 3 is 2.13 bits per heavy atom. The molecule has 6 N–H and O–H groups in total. The molecule has 0 aliphatic rings. The minimum Gasteiger partial charge on any atom is -0.320 e. The Labute approximate surface area is 225 Å². The first-order valence-corrected chi connectivity index (χ1v) is 11.7. The molecule has 13 heteroatoms. The third-order valence-corrected chi connectivity index (χ3v) is 5.93. The van der Waals surface area contributed by atoms with Crippen LogP contribution in [0.5, 0.6) is 0 Å². The summed E-state index contributed by atoms with van der Waals surface area (Å²) in [5.41, 5.74) is 4.78. The summed E-state index contributed by atoms with van der Waals surface area (Å²) >= 11 is 12.3. The maximum absolute atomic E-state index is 13.1. The van der Waals surface area contributed by atoms with Crippen molar-refractivity contribution in [3.8, 4) is 22.5 Å². The monoisotopic (exact) mass is 561 g/mol. The number of alkyl halides is 3. The van der Waals surface area contributed by atoms with Gasteiger partial charge < -0.3 is 5.84 Å². The highest BCUT2D eigenvalue weighted by molar-refractivity contribution is 6.35. The molecule has 0 radical (unpaired) electrons. The van der Waals surface area contributed by atoms with Gasteiger partial charge in [-0.25, -0.2) is 5.84 Å². The van der Waals surface area contributed by atoms with E-state index in [0.29, 0.717) is 38.1 Å². The number of hydrazine groups is 1. The van der Waals surface area contributed by atoms with Gasteiger partial charge in [0.05, 0.1) is 23.5 Å². The van der Waals surface area contributed by atoms with Crippen LogP contribution in [0.4, 0.5) is 13.2 Å². The number of amides is 1. The Hall–Kier alpha value is -4.06. The molecule has 1 aromatic heterocycles. The van der Waals surface area contributed by atoms with Crippen molar-refractivity contribution < 1.29 is 18.0 Å². The molecular formula is C25H20Cl2F3N7O. The Kier molecular flexibility index (Phi) is 7.91. The first-order valence-electron chi connectivity index (χ1n) is 10.9. The van der Waals surface area contributed by atoms with Gasteiger partial charge in [-0.1, -0.05) is 47.5 Å². The zero-order chi connectivity index (χ0) is 27.4. The van der Waals surface area contributed by atoms with Gasteiger partial charge >= 0.3 is 6.18 Å². The first kappa shape index (κ1) is 27.0. The van der Waals surface area contributed by atoms with Crippen molar-refractivity contribution >= 4 is 35.1 Å². The molecule has 196 valence electrons. The number of carbonyl (C=O) groups is 1. The van der Waals surface area contributed by atoms with E-state index in [1.807, 2.05) is 0 Å². The van der Waals surface area contributed by atoms with Crippen LogP contribution < -0.4 is 22.4 Å². The molecule has 0 aliphatic heterocycles.